The first-order valence-electron chi connectivity index (χ1n) is 8.02. The largest absolute Gasteiger partial charge is 0.330 e. The fraction of sp³-hybridized carbons (Fsp3) is 0.611. The van der Waals surface area contributed by atoms with Crippen molar-refractivity contribution in [2.75, 3.05) is 11.9 Å². The molecule has 0 atom stereocenters. The molecule has 2 rings (SSSR count). The van der Waals surface area contributed by atoms with E-state index >= 15 is 0 Å². The number of anilines is 1. The molecule has 0 radical (unpaired) electrons. The molecule has 1 aliphatic rings. The van der Waals surface area contributed by atoms with Crippen molar-refractivity contribution in [2.24, 2.45) is 17.6 Å². The Morgan fingerprint density at radius 2 is 1.81 bits per heavy atom. The minimum absolute atomic E-state index is 0.0289. The summed E-state index contributed by atoms with van der Waals surface area (Å²) >= 11 is 0. The molecule has 0 unspecified atom stereocenters. The molecule has 0 aromatic heterocycles. The van der Waals surface area contributed by atoms with Crippen LogP contribution in [0.2, 0.25) is 0 Å². The zero-order valence-electron chi connectivity index (χ0n) is 13.5. The zero-order valence-corrected chi connectivity index (χ0v) is 13.5. The van der Waals surface area contributed by atoms with Crippen LogP contribution >= 0.6 is 0 Å². The number of carbonyl (C=O) groups excluding carboxylic acids is 1. The number of nitrogens with one attached hydrogen (secondary N) is 1. The molecule has 3 heteroatoms. The van der Waals surface area contributed by atoms with Crippen LogP contribution in [0, 0.1) is 11.8 Å². The molecule has 21 heavy (non-hydrogen) atoms. The molecular formula is C18H28N2O. The van der Waals surface area contributed by atoms with Gasteiger partial charge in [0.05, 0.1) is 0 Å². The van der Waals surface area contributed by atoms with Crippen LogP contribution in [-0.2, 0) is 10.2 Å². The first-order valence-corrected chi connectivity index (χ1v) is 8.02. The lowest BCUT2D eigenvalue weighted by atomic mass is 9.81. The van der Waals surface area contributed by atoms with Gasteiger partial charge in [-0.25, -0.2) is 0 Å². The van der Waals surface area contributed by atoms with Gasteiger partial charge in [0.25, 0.3) is 0 Å². The summed E-state index contributed by atoms with van der Waals surface area (Å²) in [5.41, 5.74) is 7.89. The number of para-hydroxylation sites is 1. The molecule has 1 aliphatic carbocycles. The average molecular weight is 288 g/mol. The number of benzene rings is 1. The highest BCUT2D eigenvalue weighted by atomic mass is 16.1. The van der Waals surface area contributed by atoms with Gasteiger partial charge in [0.1, 0.15) is 0 Å². The molecule has 3 N–H and O–H groups in total. The summed E-state index contributed by atoms with van der Waals surface area (Å²) in [7, 11) is 0. The van der Waals surface area contributed by atoms with Crippen molar-refractivity contribution in [1.82, 2.24) is 0 Å². The second-order valence-corrected chi connectivity index (χ2v) is 7.24. The number of rotatable bonds is 3. The third-order valence-electron chi connectivity index (χ3n) is 4.54. The number of amides is 1. The van der Waals surface area contributed by atoms with Gasteiger partial charge in [-0.05, 0) is 55.2 Å². The first-order chi connectivity index (χ1) is 9.91. The molecule has 116 valence electrons. The van der Waals surface area contributed by atoms with E-state index in [-0.39, 0.29) is 17.2 Å². The molecule has 0 aliphatic heterocycles. The Labute approximate surface area is 128 Å². The monoisotopic (exact) mass is 288 g/mol. The Bertz CT molecular complexity index is 482. The molecule has 1 amide bonds. The normalized spacial score (nSPS) is 22.9. The van der Waals surface area contributed by atoms with E-state index in [1.54, 1.807) is 0 Å². The maximum absolute atomic E-state index is 12.5. The summed E-state index contributed by atoms with van der Waals surface area (Å²) in [6.07, 6.45) is 4.09. The van der Waals surface area contributed by atoms with Crippen LogP contribution in [0.3, 0.4) is 0 Å². The maximum Gasteiger partial charge on any atom is 0.227 e. The molecule has 0 heterocycles. The van der Waals surface area contributed by atoms with E-state index in [1.807, 2.05) is 18.2 Å². The van der Waals surface area contributed by atoms with Crippen molar-refractivity contribution >= 4 is 11.6 Å². The summed E-state index contributed by atoms with van der Waals surface area (Å²) in [5.74, 6) is 0.916. The van der Waals surface area contributed by atoms with E-state index in [4.69, 9.17) is 5.73 Å². The van der Waals surface area contributed by atoms with Gasteiger partial charge in [0.15, 0.2) is 0 Å². The molecular weight excluding hydrogens is 260 g/mol. The highest BCUT2D eigenvalue weighted by molar-refractivity contribution is 5.93. The van der Waals surface area contributed by atoms with Gasteiger partial charge in [-0.3, -0.25) is 4.79 Å². The standard InChI is InChI=1S/C18H28N2O/c1-18(2,3)15-6-4-5-7-16(15)20-17(21)14-10-8-13(12-19)9-11-14/h4-7,13-14H,8-12,19H2,1-3H3,(H,20,21). The quantitative estimate of drug-likeness (QED) is 0.891. The molecule has 0 saturated heterocycles. The van der Waals surface area contributed by atoms with Crippen LogP contribution in [0.25, 0.3) is 0 Å². The second kappa shape index (κ2) is 6.61. The van der Waals surface area contributed by atoms with Crippen molar-refractivity contribution < 1.29 is 4.79 Å². The fourth-order valence-corrected chi connectivity index (χ4v) is 3.14. The molecule has 1 saturated carbocycles. The van der Waals surface area contributed by atoms with Crippen molar-refractivity contribution in [3.05, 3.63) is 29.8 Å². The second-order valence-electron chi connectivity index (χ2n) is 7.24. The predicted octanol–water partition coefficient (Wildman–Crippen LogP) is 3.69. The van der Waals surface area contributed by atoms with Crippen molar-refractivity contribution in [3.8, 4) is 0 Å². The number of carbonyl (C=O) groups is 1. The Morgan fingerprint density at radius 1 is 1.19 bits per heavy atom. The predicted molar refractivity (Wildman–Crippen MR) is 88.3 cm³/mol. The highest BCUT2D eigenvalue weighted by Gasteiger charge is 2.27. The van der Waals surface area contributed by atoms with E-state index < -0.39 is 0 Å². The van der Waals surface area contributed by atoms with E-state index in [9.17, 15) is 4.79 Å². The topological polar surface area (TPSA) is 55.1 Å². The van der Waals surface area contributed by atoms with Gasteiger partial charge in [-0.2, -0.15) is 0 Å². The number of nitrogens with two attached hydrogens (primary N) is 1. The minimum Gasteiger partial charge on any atom is -0.330 e. The average Bonchev–Trinajstić information content (AvgIpc) is 2.47. The van der Waals surface area contributed by atoms with Crippen molar-refractivity contribution in [2.45, 2.75) is 51.9 Å². The third kappa shape index (κ3) is 4.07. The summed E-state index contributed by atoms with van der Waals surface area (Å²) in [5, 5.41) is 3.15. The van der Waals surface area contributed by atoms with E-state index in [0.29, 0.717) is 5.92 Å². The van der Waals surface area contributed by atoms with Gasteiger partial charge in [0.2, 0.25) is 5.91 Å². The van der Waals surface area contributed by atoms with Crippen LogP contribution in [0.4, 0.5) is 5.69 Å². The van der Waals surface area contributed by atoms with Gasteiger partial charge >= 0.3 is 0 Å². The Kier molecular flexibility index (Phi) is 5.04. The summed E-state index contributed by atoms with van der Waals surface area (Å²) in [4.78, 5) is 12.5. The zero-order chi connectivity index (χ0) is 15.5. The summed E-state index contributed by atoms with van der Waals surface area (Å²) in [6, 6.07) is 8.11. The van der Waals surface area contributed by atoms with Crippen LogP contribution in [-0.4, -0.2) is 12.5 Å². The number of hydrogen-bond acceptors (Lipinski definition) is 2. The Morgan fingerprint density at radius 3 is 2.38 bits per heavy atom. The maximum atomic E-state index is 12.5. The fourth-order valence-electron chi connectivity index (χ4n) is 3.14. The van der Waals surface area contributed by atoms with Gasteiger partial charge < -0.3 is 11.1 Å². The molecule has 1 fully saturated rings. The number of hydrogen-bond donors (Lipinski definition) is 2. The minimum atomic E-state index is 0.0289. The lowest BCUT2D eigenvalue weighted by Gasteiger charge is -2.28. The highest BCUT2D eigenvalue weighted by Crippen LogP contribution is 2.32. The van der Waals surface area contributed by atoms with Crippen LogP contribution in [0.1, 0.15) is 52.0 Å². The van der Waals surface area contributed by atoms with Crippen LogP contribution < -0.4 is 11.1 Å². The summed E-state index contributed by atoms with van der Waals surface area (Å²) in [6.45, 7) is 7.26. The van der Waals surface area contributed by atoms with E-state index in [2.05, 4.69) is 32.2 Å². The van der Waals surface area contributed by atoms with E-state index in [0.717, 1.165) is 37.9 Å². The Hall–Kier alpha value is -1.35. The SMILES string of the molecule is CC(C)(C)c1ccccc1NC(=O)C1CCC(CN)CC1. The smallest absolute Gasteiger partial charge is 0.227 e. The summed E-state index contributed by atoms with van der Waals surface area (Å²) < 4.78 is 0. The lowest BCUT2D eigenvalue weighted by molar-refractivity contribution is -0.121. The first kappa shape index (κ1) is 16.0. The van der Waals surface area contributed by atoms with E-state index in [1.165, 1.54) is 5.56 Å². The Balaban J connectivity index is 2.04. The molecule has 1 aromatic rings. The van der Waals surface area contributed by atoms with Crippen LogP contribution in [0.15, 0.2) is 24.3 Å². The third-order valence-corrected chi connectivity index (χ3v) is 4.54. The van der Waals surface area contributed by atoms with Crippen LogP contribution in [0.5, 0.6) is 0 Å². The van der Waals surface area contributed by atoms with Gasteiger partial charge in [-0.1, -0.05) is 39.0 Å². The molecule has 0 bridgehead atoms. The van der Waals surface area contributed by atoms with Gasteiger partial charge in [-0.15, -0.1) is 0 Å². The molecule has 1 aromatic carbocycles. The van der Waals surface area contributed by atoms with Crippen molar-refractivity contribution in [3.63, 3.8) is 0 Å². The van der Waals surface area contributed by atoms with Gasteiger partial charge in [0, 0.05) is 11.6 Å². The molecule has 0 spiro atoms. The van der Waals surface area contributed by atoms with Crippen molar-refractivity contribution in [1.29, 1.82) is 0 Å². The molecule has 3 nitrogen and oxygen atoms in total. The lowest BCUT2D eigenvalue weighted by Crippen LogP contribution is -2.30.